The first kappa shape index (κ1) is 14.9. The van der Waals surface area contributed by atoms with Crippen LogP contribution in [0.25, 0.3) is 0 Å². The first-order valence-electron chi connectivity index (χ1n) is 8.23. The van der Waals surface area contributed by atoms with E-state index in [-0.39, 0.29) is 5.41 Å². The topological polar surface area (TPSA) is 41.5 Å². The van der Waals surface area contributed by atoms with Crippen molar-refractivity contribution in [2.24, 2.45) is 5.41 Å². The average Bonchev–Trinajstić information content (AvgIpc) is 2.95. The summed E-state index contributed by atoms with van der Waals surface area (Å²) in [5.41, 5.74) is 1.51. The van der Waals surface area contributed by atoms with Crippen molar-refractivity contribution in [3.05, 3.63) is 29.8 Å². The molecule has 3 heteroatoms. The molecule has 1 aromatic carbocycles. The Bertz CT molecular complexity index is 462. The van der Waals surface area contributed by atoms with Crippen molar-refractivity contribution in [1.82, 2.24) is 5.32 Å². The fourth-order valence-electron chi connectivity index (χ4n) is 3.92. The van der Waals surface area contributed by atoms with Crippen molar-refractivity contribution >= 4 is 0 Å². The minimum Gasteiger partial charge on any atom is -0.496 e. The van der Waals surface area contributed by atoms with Crippen molar-refractivity contribution in [2.45, 2.75) is 50.5 Å². The average molecular weight is 289 g/mol. The van der Waals surface area contributed by atoms with E-state index in [9.17, 15) is 5.11 Å². The molecule has 2 saturated carbocycles. The number of hydrogen-bond donors (Lipinski definition) is 2. The highest BCUT2D eigenvalue weighted by Gasteiger charge is 2.36. The van der Waals surface area contributed by atoms with Gasteiger partial charge in [0.15, 0.2) is 0 Å². The predicted molar refractivity (Wildman–Crippen MR) is 84.7 cm³/mol. The molecule has 0 atom stereocenters. The molecule has 0 aliphatic heterocycles. The second kappa shape index (κ2) is 6.37. The molecule has 3 rings (SSSR count). The predicted octanol–water partition coefficient (Wildman–Crippen LogP) is 3.08. The quantitative estimate of drug-likeness (QED) is 0.845. The number of methoxy groups -OCH3 is 1. The zero-order valence-electron chi connectivity index (χ0n) is 13.0. The fraction of sp³-hybridized carbons (Fsp3) is 0.667. The molecule has 3 nitrogen and oxygen atoms in total. The Labute approximate surface area is 127 Å². The van der Waals surface area contributed by atoms with E-state index in [2.05, 4.69) is 23.5 Å². The van der Waals surface area contributed by atoms with Crippen molar-refractivity contribution in [2.75, 3.05) is 20.3 Å². The van der Waals surface area contributed by atoms with Gasteiger partial charge in [-0.2, -0.15) is 0 Å². The van der Waals surface area contributed by atoms with Gasteiger partial charge in [0.2, 0.25) is 0 Å². The van der Waals surface area contributed by atoms with E-state index >= 15 is 0 Å². The number of ether oxygens (including phenoxy) is 1. The summed E-state index contributed by atoms with van der Waals surface area (Å²) >= 11 is 0. The second-order valence-electron chi connectivity index (χ2n) is 6.85. The molecule has 0 spiro atoms. The zero-order valence-corrected chi connectivity index (χ0v) is 13.0. The largest absolute Gasteiger partial charge is 0.496 e. The third-order valence-electron chi connectivity index (χ3n) is 5.48. The third kappa shape index (κ3) is 3.09. The van der Waals surface area contributed by atoms with E-state index in [1.807, 2.05) is 6.07 Å². The van der Waals surface area contributed by atoms with Crippen LogP contribution in [-0.2, 0) is 0 Å². The number of para-hydroxylation sites is 1. The van der Waals surface area contributed by atoms with Gasteiger partial charge in [-0.15, -0.1) is 0 Å². The summed E-state index contributed by atoms with van der Waals surface area (Å²) in [6, 6.07) is 8.96. The van der Waals surface area contributed by atoms with Crippen molar-refractivity contribution in [1.29, 1.82) is 0 Å². The molecule has 2 fully saturated rings. The smallest absolute Gasteiger partial charge is 0.122 e. The minimum absolute atomic E-state index is 0.162. The van der Waals surface area contributed by atoms with Crippen LogP contribution in [0.1, 0.15) is 50.0 Å². The van der Waals surface area contributed by atoms with E-state index in [0.29, 0.717) is 18.6 Å². The van der Waals surface area contributed by atoms with Crippen LogP contribution < -0.4 is 10.1 Å². The summed E-state index contributed by atoms with van der Waals surface area (Å²) in [7, 11) is 1.75. The number of hydrogen-bond acceptors (Lipinski definition) is 3. The van der Waals surface area contributed by atoms with E-state index in [4.69, 9.17) is 4.74 Å². The molecule has 0 heterocycles. The molecule has 0 saturated heterocycles. The Morgan fingerprint density at radius 1 is 1.24 bits per heavy atom. The van der Waals surface area contributed by atoms with Crippen LogP contribution in [0.15, 0.2) is 24.3 Å². The summed E-state index contributed by atoms with van der Waals surface area (Å²) in [6.45, 7) is 1.31. The maximum atomic E-state index is 9.66. The normalized spacial score (nSPS) is 27.3. The lowest BCUT2D eigenvalue weighted by Crippen LogP contribution is -2.46. The monoisotopic (exact) mass is 289 g/mol. The van der Waals surface area contributed by atoms with Crippen LogP contribution in [0.5, 0.6) is 5.75 Å². The summed E-state index contributed by atoms with van der Waals surface area (Å²) in [6.07, 6.45) is 7.27. The van der Waals surface area contributed by atoms with Gasteiger partial charge < -0.3 is 15.2 Å². The standard InChI is InChI=1S/C18H27NO2/c1-21-17-7-3-2-6-16(17)14-10-15(11-14)19-12-18(13-20)8-4-5-9-18/h2-3,6-7,14-15,19-20H,4-5,8-13H2,1H3. The molecule has 0 aromatic heterocycles. The lowest BCUT2D eigenvalue weighted by atomic mass is 9.75. The molecular formula is C18H27NO2. The van der Waals surface area contributed by atoms with Gasteiger partial charge >= 0.3 is 0 Å². The van der Waals surface area contributed by atoms with Crippen LogP contribution in [-0.4, -0.2) is 31.4 Å². The molecule has 116 valence electrons. The molecule has 0 amide bonds. The Hall–Kier alpha value is -1.06. The Balaban J connectivity index is 1.50. The Morgan fingerprint density at radius 2 is 1.95 bits per heavy atom. The van der Waals surface area contributed by atoms with Gasteiger partial charge in [0.05, 0.1) is 7.11 Å². The van der Waals surface area contributed by atoms with Crippen LogP contribution in [0.2, 0.25) is 0 Å². The summed E-state index contributed by atoms with van der Waals surface area (Å²) in [4.78, 5) is 0. The Morgan fingerprint density at radius 3 is 2.62 bits per heavy atom. The van der Waals surface area contributed by atoms with Crippen molar-refractivity contribution < 1.29 is 9.84 Å². The van der Waals surface area contributed by atoms with Gasteiger partial charge in [0, 0.05) is 24.6 Å². The number of nitrogens with one attached hydrogen (secondary N) is 1. The van der Waals surface area contributed by atoms with Crippen LogP contribution in [0.3, 0.4) is 0 Å². The van der Waals surface area contributed by atoms with Gasteiger partial charge in [-0.25, -0.2) is 0 Å². The first-order valence-corrected chi connectivity index (χ1v) is 8.23. The van der Waals surface area contributed by atoms with Crippen LogP contribution in [0, 0.1) is 5.41 Å². The minimum atomic E-state index is 0.162. The Kier molecular flexibility index (Phi) is 4.51. The van der Waals surface area contributed by atoms with E-state index in [0.717, 1.165) is 12.3 Å². The molecule has 0 bridgehead atoms. The fourth-order valence-corrected chi connectivity index (χ4v) is 3.92. The number of aliphatic hydroxyl groups excluding tert-OH is 1. The van der Waals surface area contributed by atoms with Gasteiger partial charge in [-0.3, -0.25) is 0 Å². The van der Waals surface area contributed by atoms with Crippen LogP contribution >= 0.6 is 0 Å². The molecule has 1 aromatic rings. The molecule has 2 N–H and O–H groups in total. The van der Waals surface area contributed by atoms with E-state index in [1.54, 1.807) is 7.11 Å². The molecular weight excluding hydrogens is 262 g/mol. The van der Waals surface area contributed by atoms with E-state index in [1.165, 1.54) is 44.1 Å². The zero-order chi connectivity index (χ0) is 14.7. The lowest BCUT2D eigenvalue weighted by Gasteiger charge is -2.39. The number of aliphatic hydroxyl groups is 1. The summed E-state index contributed by atoms with van der Waals surface area (Å²) < 4.78 is 5.46. The highest BCUT2D eigenvalue weighted by Crippen LogP contribution is 2.42. The maximum Gasteiger partial charge on any atom is 0.122 e. The molecule has 21 heavy (non-hydrogen) atoms. The van der Waals surface area contributed by atoms with Crippen molar-refractivity contribution in [3.8, 4) is 5.75 Å². The SMILES string of the molecule is COc1ccccc1C1CC(NCC2(CO)CCCC2)C1. The van der Waals surface area contributed by atoms with E-state index < -0.39 is 0 Å². The summed E-state index contributed by atoms with van der Waals surface area (Å²) in [5, 5.41) is 13.4. The second-order valence-corrected chi connectivity index (χ2v) is 6.85. The first-order chi connectivity index (χ1) is 10.3. The molecule has 0 unspecified atom stereocenters. The van der Waals surface area contributed by atoms with Gasteiger partial charge in [-0.05, 0) is 43.2 Å². The highest BCUT2D eigenvalue weighted by molar-refractivity contribution is 5.37. The summed E-state index contributed by atoms with van der Waals surface area (Å²) in [5.74, 6) is 1.64. The molecule has 2 aliphatic carbocycles. The van der Waals surface area contributed by atoms with Gasteiger partial charge in [0.1, 0.15) is 5.75 Å². The number of benzene rings is 1. The highest BCUT2D eigenvalue weighted by atomic mass is 16.5. The lowest BCUT2D eigenvalue weighted by molar-refractivity contribution is 0.117. The third-order valence-corrected chi connectivity index (χ3v) is 5.48. The van der Waals surface area contributed by atoms with Gasteiger partial charge in [0.25, 0.3) is 0 Å². The van der Waals surface area contributed by atoms with Crippen molar-refractivity contribution in [3.63, 3.8) is 0 Å². The number of rotatable bonds is 6. The van der Waals surface area contributed by atoms with Gasteiger partial charge in [-0.1, -0.05) is 31.0 Å². The van der Waals surface area contributed by atoms with Crippen LogP contribution in [0.4, 0.5) is 0 Å². The molecule has 0 radical (unpaired) electrons. The molecule has 2 aliphatic rings. The maximum absolute atomic E-state index is 9.66.